The molecule has 4 aromatic rings. The summed E-state index contributed by atoms with van der Waals surface area (Å²) in [6, 6.07) is 15.0. The monoisotopic (exact) mass is 568 g/mol. The standard InChI is InChI=1S/C30H32N8O4/c31-28-27-22(14-23(37(27)34-17-33-28)18-6-9-21(39)10-7-18)19-8-11-25(32-15-19)35-29(40)26-24-16-42-13-12-36(24)38(30(26)41)20-4-2-1-3-5-20/h1-5,8,11,14-15,17-18,21,28,39H,6-7,9-10,12-13,16,31H2,(H,33,34)(H,32,35,40). The van der Waals surface area contributed by atoms with Gasteiger partial charge in [-0.05, 0) is 56.0 Å². The van der Waals surface area contributed by atoms with Crippen molar-refractivity contribution >= 4 is 18.1 Å². The summed E-state index contributed by atoms with van der Waals surface area (Å²) in [5.41, 5.74) is 10.9. The van der Waals surface area contributed by atoms with Gasteiger partial charge in [-0.3, -0.25) is 14.3 Å². The number of ether oxygens (including phenoxy) is 1. The number of anilines is 1. The van der Waals surface area contributed by atoms with Gasteiger partial charge in [0.05, 0.1) is 42.9 Å². The van der Waals surface area contributed by atoms with Crippen molar-refractivity contribution in [3.05, 3.63) is 87.7 Å². The predicted octanol–water partition coefficient (Wildman–Crippen LogP) is 2.66. The van der Waals surface area contributed by atoms with E-state index < -0.39 is 17.6 Å². The van der Waals surface area contributed by atoms with E-state index in [1.54, 1.807) is 18.6 Å². The molecule has 1 aromatic carbocycles. The minimum Gasteiger partial charge on any atom is -0.393 e. The zero-order valence-corrected chi connectivity index (χ0v) is 22.9. The molecule has 5 heterocycles. The van der Waals surface area contributed by atoms with Crippen molar-refractivity contribution in [1.82, 2.24) is 24.3 Å². The van der Waals surface area contributed by atoms with Crippen LogP contribution < -0.4 is 21.9 Å². The number of nitrogens with two attached hydrogens (primary N) is 1. The van der Waals surface area contributed by atoms with Crippen LogP contribution in [0, 0.1) is 0 Å². The van der Waals surface area contributed by atoms with E-state index in [0.29, 0.717) is 30.4 Å². The number of aliphatic hydroxyl groups is 1. The van der Waals surface area contributed by atoms with Crippen LogP contribution in [0.15, 0.2) is 64.6 Å². The minimum absolute atomic E-state index is 0.0445. The van der Waals surface area contributed by atoms with Crippen molar-refractivity contribution in [1.29, 1.82) is 0 Å². The second-order valence-corrected chi connectivity index (χ2v) is 10.9. The average Bonchev–Trinajstić information content (AvgIpc) is 3.54. The second kappa shape index (κ2) is 10.7. The van der Waals surface area contributed by atoms with Crippen molar-refractivity contribution < 1.29 is 14.6 Å². The topological polar surface area (TPSA) is 154 Å². The normalized spacial score (nSPS) is 21.3. The molecule has 0 radical (unpaired) electrons. The van der Waals surface area contributed by atoms with Crippen LogP contribution in [0.3, 0.4) is 0 Å². The highest BCUT2D eigenvalue weighted by molar-refractivity contribution is 6.04. The molecule has 1 amide bonds. The Morgan fingerprint density at radius 3 is 2.69 bits per heavy atom. The number of nitrogens with one attached hydrogen (secondary N) is 2. The fraction of sp³-hybridized carbons (Fsp3) is 0.333. The van der Waals surface area contributed by atoms with E-state index in [1.807, 2.05) is 45.8 Å². The van der Waals surface area contributed by atoms with Crippen LogP contribution >= 0.6 is 0 Å². The summed E-state index contributed by atoms with van der Waals surface area (Å²) in [4.78, 5) is 31.5. The third-order valence-corrected chi connectivity index (χ3v) is 8.36. The van der Waals surface area contributed by atoms with Crippen LogP contribution in [0.4, 0.5) is 5.82 Å². The molecule has 1 unspecified atom stereocenters. The number of rotatable bonds is 5. The summed E-state index contributed by atoms with van der Waals surface area (Å²) in [6.45, 7) is 1.09. The molecule has 12 nitrogen and oxygen atoms in total. The Labute approximate surface area is 241 Å². The molecular formula is C30H32N8O4. The summed E-state index contributed by atoms with van der Waals surface area (Å²) in [6.07, 6.45) is 5.88. The average molecular weight is 569 g/mol. The number of aliphatic hydroxyl groups excluding tert-OH is 1. The first-order chi connectivity index (χ1) is 20.5. The number of para-hydroxylation sites is 1. The number of pyridine rings is 1. The van der Waals surface area contributed by atoms with Gasteiger partial charge in [-0.2, -0.15) is 5.10 Å². The molecule has 5 N–H and O–H groups in total. The van der Waals surface area contributed by atoms with Crippen LogP contribution in [-0.4, -0.2) is 49.1 Å². The van der Waals surface area contributed by atoms with E-state index in [0.717, 1.165) is 48.2 Å². The smallest absolute Gasteiger partial charge is 0.284 e. The van der Waals surface area contributed by atoms with Crippen LogP contribution in [-0.2, 0) is 17.9 Å². The number of hydrogen-bond acceptors (Lipinski definition) is 8. The molecule has 7 rings (SSSR count). The SMILES string of the molecule is NC1NC=Nn2c(C3CCC(O)CC3)cc(-c3ccc(NC(=O)c4c5n(n(-c6ccccc6)c4=O)CCOC5)nc3)c21. The maximum atomic E-state index is 13.5. The minimum atomic E-state index is -0.534. The van der Waals surface area contributed by atoms with Gasteiger partial charge in [0, 0.05) is 28.9 Å². The van der Waals surface area contributed by atoms with Crippen molar-refractivity contribution in [2.45, 2.75) is 57.0 Å². The Hall–Kier alpha value is -4.52. The molecule has 1 atom stereocenters. The largest absolute Gasteiger partial charge is 0.393 e. The van der Waals surface area contributed by atoms with Gasteiger partial charge in [0.25, 0.3) is 11.5 Å². The zero-order chi connectivity index (χ0) is 28.8. The first-order valence-electron chi connectivity index (χ1n) is 14.2. The van der Waals surface area contributed by atoms with Crippen molar-refractivity contribution in [3.63, 3.8) is 0 Å². The maximum Gasteiger partial charge on any atom is 0.284 e. The Morgan fingerprint density at radius 1 is 1.12 bits per heavy atom. The number of carbonyl (C=O) groups is 1. The maximum absolute atomic E-state index is 13.5. The molecule has 2 aliphatic heterocycles. The van der Waals surface area contributed by atoms with E-state index in [1.165, 1.54) is 4.68 Å². The molecule has 0 bridgehead atoms. The van der Waals surface area contributed by atoms with Gasteiger partial charge in [-0.15, -0.1) is 0 Å². The first kappa shape index (κ1) is 26.4. The van der Waals surface area contributed by atoms with Crippen LogP contribution in [0.2, 0.25) is 0 Å². The number of fused-ring (bicyclic) bond motifs is 2. The van der Waals surface area contributed by atoms with E-state index in [4.69, 9.17) is 10.5 Å². The van der Waals surface area contributed by atoms with E-state index >= 15 is 0 Å². The third-order valence-electron chi connectivity index (χ3n) is 8.36. The lowest BCUT2D eigenvalue weighted by Gasteiger charge is -2.27. The fourth-order valence-electron chi connectivity index (χ4n) is 6.26. The van der Waals surface area contributed by atoms with Gasteiger partial charge in [0.15, 0.2) is 0 Å². The van der Waals surface area contributed by atoms with Crippen LogP contribution in [0.1, 0.15) is 65.2 Å². The van der Waals surface area contributed by atoms with Gasteiger partial charge in [-0.25, -0.2) is 14.3 Å². The molecule has 3 aromatic heterocycles. The number of carbonyl (C=O) groups excluding carboxylic acids is 1. The van der Waals surface area contributed by atoms with Crippen LogP contribution in [0.25, 0.3) is 16.8 Å². The molecule has 3 aliphatic rings. The molecule has 216 valence electrons. The van der Waals surface area contributed by atoms with Crippen molar-refractivity contribution in [2.75, 3.05) is 11.9 Å². The Kier molecular flexibility index (Phi) is 6.73. The summed E-state index contributed by atoms with van der Waals surface area (Å²) < 4.78 is 10.9. The lowest BCUT2D eigenvalue weighted by atomic mass is 9.85. The van der Waals surface area contributed by atoms with Gasteiger partial charge in [0.1, 0.15) is 23.9 Å². The number of nitrogens with zero attached hydrogens (tertiary/aromatic N) is 5. The van der Waals surface area contributed by atoms with Gasteiger partial charge in [-0.1, -0.05) is 18.2 Å². The Balaban J connectivity index is 1.18. The fourth-order valence-corrected chi connectivity index (χ4v) is 6.26. The van der Waals surface area contributed by atoms with Gasteiger partial charge in [0.2, 0.25) is 0 Å². The molecule has 0 spiro atoms. The highest BCUT2D eigenvalue weighted by atomic mass is 16.5. The summed E-state index contributed by atoms with van der Waals surface area (Å²) in [5, 5.41) is 20.4. The Morgan fingerprint density at radius 2 is 1.93 bits per heavy atom. The van der Waals surface area contributed by atoms with Crippen LogP contribution in [0.5, 0.6) is 0 Å². The summed E-state index contributed by atoms with van der Waals surface area (Å²) in [5.74, 6) is 0.0565. The lowest BCUT2D eigenvalue weighted by molar-refractivity contribution is 0.0756. The summed E-state index contributed by atoms with van der Waals surface area (Å²) in [7, 11) is 0. The van der Waals surface area contributed by atoms with Gasteiger partial charge < -0.3 is 26.2 Å². The molecule has 12 heteroatoms. The number of benzene rings is 1. The highest BCUT2D eigenvalue weighted by Gasteiger charge is 2.31. The summed E-state index contributed by atoms with van der Waals surface area (Å²) >= 11 is 0. The van der Waals surface area contributed by atoms with E-state index in [9.17, 15) is 14.7 Å². The Bertz CT molecular complexity index is 1710. The first-order valence-corrected chi connectivity index (χ1v) is 14.2. The molecule has 1 aliphatic carbocycles. The van der Waals surface area contributed by atoms with Gasteiger partial charge >= 0.3 is 0 Å². The van der Waals surface area contributed by atoms with Crippen molar-refractivity contribution in [3.8, 4) is 16.8 Å². The number of aromatic nitrogens is 4. The lowest BCUT2D eigenvalue weighted by Crippen LogP contribution is -2.34. The van der Waals surface area contributed by atoms with E-state index in [-0.39, 0.29) is 24.2 Å². The highest BCUT2D eigenvalue weighted by Crippen LogP contribution is 2.39. The molecule has 1 saturated carbocycles. The van der Waals surface area contributed by atoms with Crippen molar-refractivity contribution in [2.24, 2.45) is 10.8 Å². The predicted molar refractivity (Wildman–Crippen MR) is 156 cm³/mol. The quantitative estimate of drug-likeness (QED) is 0.289. The van der Waals surface area contributed by atoms with E-state index in [2.05, 4.69) is 26.8 Å². The third kappa shape index (κ3) is 4.53. The number of hydrogen-bond donors (Lipinski definition) is 4. The molecule has 0 saturated heterocycles. The molecular weight excluding hydrogens is 536 g/mol. The molecule has 42 heavy (non-hydrogen) atoms. The molecule has 1 fully saturated rings. The second-order valence-electron chi connectivity index (χ2n) is 10.9. The number of amides is 1. The zero-order valence-electron chi connectivity index (χ0n) is 22.9.